The van der Waals surface area contributed by atoms with Crippen molar-refractivity contribution in [2.75, 3.05) is 13.2 Å². The second-order valence-corrected chi connectivity index (χ2v) is 4.43. The molecule has 94 valence electrons. The van der Waals surface area contributed by atoms with Crippen molar-refractivity contribution in [2.24, 2.45) is 0 Å². The highest BCUT2D eigenvalue weighted by atomic mass is 35.5. The van der Waals surface area contributed by atoms with Crippen LogP contribution in [0.1, 0.15) is 18.4 Å². The van der Waals surface area contributed by atoms with Gasteiger partial charge in [-0.05, 0) is 30.7 Å². The first-order chi connectivity index (χ1) is 8.83. The summed E-state index contributed by atoms with van der Waals surface area (Å²) in [5, 5.41) is 8.82. The number of halogens is 1. The number of nitrogens with zero attached hydrogens (tertiary/aromatic N) is 3. The summed E-state index contributed by atoms with van der Waals surface area (Å²) >= 11 is 5.84. The Morgan fingerprint density at radius 1 is 1.17 bits per heavy atom. The number of rotatable bonds is 2. The zero-order valence-corrected chi connectivity index (χ0v) is 10.4. The molecule has 6 heteroatoms. The second kappa shape index (κ2) is 5.06. The lowest BCUT2D eigenvalue weighted by molar-refractivity contribution is -0.185. The molecule has 0 unspecified atom stereocenters. The lowest BCUT2D eigenvalue weighted by Crippen LogP contribution is -2.17. The Balaban J connectivity index is 1.82. The highest BCUT2D eigenvalue weighted by Crippen LogP contribution is 2.21. The maximum absolute atomic E-state index is 5.84. The van der Waals surface area contributed by atoms with Crippen LogP contribution in [0.5, 0.6) is 0 Å². The van der Waals surface area contributed by atoms with E-state index < -0.39 is 6.29 Å². The maximum atomic E-state index is 5.84. The van der Waals surface area contributed by atoms with Crippen molar-refractivity contribution in [2.45, 2.75) is 12.7 Å². The molecule has 1 fully saturated rings. The first-order valence-corrected chi connectivity index (χ1v) is 6.12. The van der Waals surface area contributed by atoms with E-state index in [1.165, 1.54) is 0 Å². The minimum absolute atomic E-state index is 0.403. The molecule has 5 nitrogen and oxygen atoms in total. The summed E-state index contributed by atoms with van der Waals surface area (Å²) in [5.74, 6) is 0. The summed E-state index contributed by atoms with van der Waals surface area (Å²) in [5.41, 5.74) is 1.58. The van der Waals surface area contributed by atoms with Gasteiger partial charge in [0.05, 0.1) is 25.1 Å². The molecule has 0 radical (unpaired) electrons. The molecule has 0 N–H and O–H groups in total. The van der Waals surface area contributed by atoms with Crippen LogP contribution >= 0.6 is 11.6 Å². The average molecular weight is 266 g/mol. The second-order valence-electron chi connectivity index (χ2n) is 3.99. The van der Waals surface area contributed by atoms with Crippen LogP contribution < -0.4 is 0 Å². The first kappa shape index (κ1) is 11.6. The van der Waals surface area contributed by atoms with Gasteiger partial charge in [-0.15, -0.1) is 5.10 Å². The normalized spacial score (nSPS) is 16.9. The highest BCUT2D eigenvalue weighted by molar-refractivity contribution is 6.30. The van der Waals surface area contributed by atoms with Gasteiger partial charge in [0.15, 0.2) is 0 Å². The lowest BCUT2D eigenvalue weighted by atomic mass is 10.3. The Bertz CT molecular complexity index is 520. The van der Waals surface area contributed by atoms with Crippen LogP contribution in [-0.2, 0) is 9.47 Å². The number of benzene rings is 1. The molecule has 1 aromatic heterocycles. The summed E-state index contributed by atoms with van der Waals surface area (Å²) in [6, 6.07) is 7.38. The van der Waals surface area contributed by atoms with E-state index in [0.29, 0.717) is 23.9 Å². The van der Waals surface area contributed by atoms with Gasteiger partial charge in [-0.3, -0.25) is 0 Å². The zero-order valence-electron chi connectivity index (χ0n) is 9.62. The third-order valence-corrected chi connectivity index (χ3v) is 2.92. The summed E-state index contributed by atoms with van der Waals surface area (Å²) in [7, 11) is 0. The molecule has 0 spiro atoms. The number of hydrogen-bond acceptors (Lipinski definition) is 4. The van der Waals surface area contributed by atoms with Gasteiger partial charge in [0, 0.05) is 5.02 Å². The third-order valence-electron chi connectivity index (χ3n) is 2.67. The lowest BCUT2D eigenvalue weighted by Gasteiger charge is -2.20. The first-order valence-electron chi connectivity index (χ1n) is 5.74. The average Bonchev–Trinajstić information content (AvgIpc) is 2.90. The van der Waals surface area contributed by atoms with E-state index >= 15 is 0 Å². The number of aromatic nitrogens is 3. The topological polar surface area (TPSA) is 49.2 Å². The molecule has 1 saturated heterocycles. The van der Waals surface area contributed by atoms with E-state index in [2.05, 4.69) is 10.3 Å². The highest BCUT2D eigenvalue weighted by Gasteiger charge is 2.20. The summed E-state index contributed by atoms with van der Waals surface area (Å²) in [6.07, 6.45) is 2.32. The Morgan fingerprint density at radius 3 is 2.61 bits per heavy atom. The largest absolute Gasteiger partial charge is 0.347 e. The van der Waals surface area contributed by atoms with Crippen LogP contribution in [0.15, 0.2) is 30.5 Å². The van der Waals surface area contributed by atoms with Crippen LogP contribution in [0.3, 0.4) is 0 Å². The molecule has 0 bridgehead atoms. The molecule has 0 amide bonds. The molecule has 3 rings (SSSR count). The predicted octanol–water partition coefficient (Wildman–Crippen LogP) is 2.36. The monoisotopic (exact) mass is 265 g/mol. The smallest absolute Gasteiger partial charge is 0.204 e. The van der Waals surface area contributed by atoms with Crippen molar-refractivity contribution >= 4 is 11.6 Å². The van der Waals surface area contributed by atoms with Crippen molar-refractivity contribution in [1.82, 2.24) is 15.0 Å². The SMILES string of the molecule is Clc1ccc(-n2cc(C3OCCCO3)nn2)cc1. The van der Waals surface area contributed by atoms with Crippen LogP contribution in [0.25, 0.3) is 5.69 Å². The van der Waals surface area contributed by atoms with Crippen molar-refractivity contribution in [3.63, 3.8) is 0 Å². The molecule has 0 aliphatic carbocycles. The van der Waals surface area contributed by atoms with Gasteiger partial charge in [0.2, 0.25) is 6.29 Å². The Labute approximate surface area is 109 Å². The molecule has 1 aliphatic rings. The summed E-state index contributed by atoms with van der Waals surface area (Å²) < 4.78 is 12.6. The van der Waals surface area contributed by atoms with E-state index in [0.717, 1.165) is 12.1 Å². The van der Waals surface area contributed by atoms with Crippen LogP contribution in [0.4, 0.5) is 0 Å². The molecule has 0 atom stereocenters. The minimum Gasteiger partial charge on any atom is -0.347 e. The van der Waals surface area contributed by atoms with Gasteiger partial charge in [-0.2, -0.15) is 0 Å². The van der Waals surface area contributed by atoms with Gasteiger partial charge in [-0.1, -0.05) is 16.8 Å². The third kappa shape index (κ3) is 2.38. The molecular weight excluding hydrogens is 254 g/mol. The molecule has 2 aromatic rings. The van der Waals surface area contributed by atoms with Crippen LogP contribution in [-0.4, -0.2) is 28.2 Å². The van der Waals surface area contributed by atoms with Crippen molar-refractivity contribution in [3.05, 3.63) is 41.2 Å². The van der Waals surface area contributed by atoms with Crippen LogP contribution in [0, 0.1) is 0 Å². The van der Waals surface area contributed by atoms with Gasteiger partial charge < -0.3 is 9.47 Å². The molecule has 0 saturated carbocycles. The minimum atomic E-state index is -0.403. The fourth-order valence-electron chi connectivity index (χ4n) is 1.76. The summed E-state index contributed by atoms with van der Waals surface area (Å²) in [6.45, 7) is 1.39. The zero-order chi connectivity index (χ0) is 12.4. The molecule has 2 heterocycles. The van der Waals surface area contributed by atoms with E-state index in [-0.39, 0.29) is 0 Å². The molecule has 1 aromatic carbocycles. The van der Waals surface area contributed by atoms with Gasteiger partial charge in [-0.25, -0.2) is 4.68 Å². The van der Waals surface area contributed by atoms with Crippen molar-refractivity contribution < 1.29 is 9.47 Å². The van der Waals surface area contributed by atoms with Gasteiger partial charge in [0.1, 0.15) is 5.69 Å². The molecule has 18 heavy (non-hydrogen) atoms. The van der Waals surface area contributed by atoms with E-state index in [1.54, 1.807) is 10.9 Å². The Kier molecular flexibility index (Phi) is 3.27. The van der Waals surface area contributed by atoms with E-state index in [9.17, 15) is 0 Å². The fourth-order valence-corrected chi connectivity index (χ4v) is 1.89. The van der Waals surface area contributed by atoms with Crippen molar-refractivity contribution in [3.8, 4) is 5.69 Å². The standard InChI is InChI=1S/C12H12ClN3O2/c13-9-2-4-10(5-3-9)16-8-11(14-15-16)12-17-6-1-7-18-12/h2-5,8,12H,1,6-7H2. The maximum Gasteiger partial charge on any atom is 0.204 e. The van der Waals surface area contributed by atoms with E-state index in [1.807, 2.05) is 24.3 Å². The quantitative estimate of drug-likeness (QED) is 0.836. The summed E-state index contributed by atoms with van der Waals surface area (Å²) in [4.78, 5) is 0. The Hall–Kier alpha value is -1.43. The number of ether oxygens (including phenoxy) is 2. The Morgan fingerprint density at radius 2 is 1.89 bits per heavy atom. The van der Waals surface area contributed by atoms with Crippen molar-refractivity contribution in [1.29, 1.82) is 0 Å². The van der Waals surface area contributed by atoms with Gasteiger partial charge in [0.25, 0.3) is 0 Å². The molecular formula is C12H12ClN3O2. The fraction of sp³-hybridized carbons (Fsp3) is 0.333. The number of hydrogen-bond donors (Lipinski definition) is 0. The van der Waals surface area contributed by atoms with E-state index in [4.69, 9.17) is 21.1 Å². The van der Waals surface area contributed by atoms with Gasteiger partial charge >= 0.3 is 0 Å². The van der Waals surface area contributed by atoms with Crippen LogP contribution in [0.2, 0.25) is 5.02 Å². The predicted molar refractivity (Wildman–Crippen MR) is 65.6 cm³/mol. The molecule has 1 aliphatic heterocycles.